The van der Waals surface area contributed by atoms with E-state index in [1.807, 2.05) is 0 Å². The summed E-state index contributed by atoms with van der Waals surface area (Å²) >= 11 is 0. The Bertz CT molecular complexity index is 401. The van der Waals surface area contributed by atoms with Crippen LogP contribution in [0.15, 0.2) is 0 Å². The largest absolute Gasteiger partial charge is 0.480 e. The Morgan fingerprint density at radius 2 is 0.967 bits per heavy atom. The molecule has 5 heteroatoms. The minimum Gasteiger partial charge on any atom is -0.480 e. The maximum Gasteiger partial charge on any atom is 0.328 e. The first kappa shape index (κ1) is 28.9. The Labute approximate surface area is 185 Å². The fourth-order valence-corrected chi connectivity index (χ4v) is 3.82. The summed E-state index contributed by atoms with van der Waals surface area (Å²) < 4.78 is 0. The molecule has 0 aromatic carbocycles. The lowest BCUT2D eigenvalue weighted by Gasteiger charge is -2.11. The van der Waals surface area contributed by atoms with Gasteiger partial charge in [0.1, 0.15) is 6.04 Å². The van der Waals surface area contributed by atoms with Crippen LogP contribution in [-0.2, 0) is 9.59 Å². The maximum atomic E-state index is 11.6. The van der Waals surface area contributed by atoms with Gasteiger partial charge in [-0.1, -0.05) is 122 Å². The molecule has 0 unspecified atom stereocenters. The lowest BCUT2D eigenvalue weighted by atomic mass is 10.0. The molecule has 178 valence electrons. The van der Waals surface area contributed by atoms with Gasteiger partial charge in [0.05, 0.1) is 6.61 Å². The van der Waals surface area contributed by atoms with E-state index in [0.29, 0.717) is 6.42 Å². The van der Waals surface area contributed by atoms with Crippen molar-refractivity contribution >= 4 is 11.9 Å². The molecule has 3 N–H and O–H groups in total. The molecule has 0 heterocycles. The number of unbranched alkanes of at least 4 members (excludes halogenated alkanes) is 18. The molecule has 0 rings (SSSR count). The van der Waals surface area contributed by atoms with Gasteiger partial charge in [0.25, 0.3) is 0 Å². The van der Waals surface area contributed by atoms with E-state index in [1.165, 1.54) is 103 Å². The summed E-state index contributed by atoms with van der Waals surface area (Å²) in [5, 5.41) is 20.0. The van der Waals surface area contributed by atoms with E-state index in [0.717, 1.165) is 19.3 Å². The van der Waals surface area contributed by atoms with Crippen LogP contribution in [0.2, 0.25) is 0 Å². The first-order chi connectivity index (χ1) is 14.6. The maximum absolute atomic E-state index is 11.6. The summed E-state index contributed by atoms with van der Waals surface area (Å²) in [7, 11) is 0. The number of carbonyl (C=O) groups is 2. The van der Waals surface area contributed by atoms with Crippen molar-refractivity contribution in [3.05, 3.63) is 0 Å². The fraction of sp³-hybridized carbons (Fsp3) is 0.920. The highest BCUT2D eigenvalue weighted by atomic mass is 16.4. The summed E-state index contributed by atoms with van der Waals surface area (Å²) in [5.41, 5.74) is 0. The second-order valence-electron chi connectivity index (χ2n) is 8.75. The van der Waals surface area contributed by atoms with Gasteiger partial charge < -0.3 is 15.5 Å². The van der Waals surface area contributed by atoms with Gasteiger partial charge in [-0.2, -0.15) is 0 Å². The van der Waals surface area contributed by atoms with Gasteiger partial charge in [-0.05, 0) is 6.42 Å². The van der Waals surface area contributed by atoms with Crippen LogP contribution in [0.25, 0.3) is 0 Å². The van der Waals surface area contributed by atoms with Crippen LogP contribution in [0.1, 0.15) is 135 Å². The first-order valence-corrected chi connectivity index (χ1v) is 12.7. The zero-order chi connectivity index (χ0) is 22.3. The molecule has 0 saturated carbocycles. The third-order valence-corrected chi connectivity index (χ3v) is 5.82. The second kappa shape index (κ2) is 22.6. The molecule has 1 amide bonds. The number of carboxylic acid groups (broad SMARTS) is 1. The van der Waals surface area contributed by atoms with Gasteiger partial charge in [-0.3, -0.25) is 4.79 Å². The third kappa shape index (κ3) is 20.2. The molecule has 0 aromatic heterocycles. The van der Waals surface area contributed by atoms with Gasteiger partial charge in [-0.15, -0.1) is 0 Å². The zero-order valence-corrected chi connectivity index (χ0v) is 19.6. The predicted octanol–water partition coefficient (Wildman–Crippen LogP) is 6.37. The standard InChI is InChI=1S/C25H49NO4/c1-2-3-4-5-6-7-8-9-10-11-12-13-14-15-16-17-18-19-20-21-24(28)26-23(22-27)25(29)30/h23,27H,2-22H2,1H3,(H,26,28)(H,29,30)/t23-/m0/s1. The fourth-order valence-electron chi connectivity index (χ4n) is 3.82. The van der Waals surface area contributed by atoms with Crippen LogP contribution in [-0.4, -0.2) is 34.7 Å². The molecule has 30 heavy (non-hydrogen) atoms. The van der Waals surface area contributed by atoms with E-state index in [1.54, 1.807) is 0 Å². The Balaban J connectivity index is 3.21. The van der Waals surface area contributed by atoms with Crippen molar-refractivity contribution in [1.29, 1.82) is 0 Å². The minimum atomic E-state index is -1.20. The van der Waals surface area contributed by atoms with Crippen molar-refractivity contribution in [2.45, 2.75) is 141 Å². The van der Waals surface area contributed by atoms with Crippen LogP contribution < -0.4 is 5.32 Å². The molecule has 0 saturated heterocycles. The number of aliphatic carboxylic acids is 1. The molecule has 0 spiro atoms. The number of carboxylic acids is 1. The second-order valence-corrected chi connectivity index (χ2v) is 8.75. The average Bonchev–Trinajstić information content (AvgIpc) is 2.73. The van der Waals surface area contributed by atoms with Crippen molar-refractivity contribution < 1.29 is 19.8 Å². The number of amides is 1. The third-order valence-electron chi connectivity index (χ3n) is 5.82. The van der Waals surface area contributed by atoms with E-state index in [4.69, 9.17) is 10.2 Å². The van der Waals surface area contributed by atoms with Crippen molar-refractivity contribution in [3.8, 4) is 0 Å². The van der Waals surface area contributed by atoms with Crippen molar-refractivity contribution in [2.75, 3.05) is 6.61 Å². The molecular weight excluding hydrogens is 378 g/mol. The number of aliphatic hydroxyl groups is 1. The molecule has 0 aliphatic rings. The van der Waals surface area contributed by atoms with E-state index in [9.17, 15) is 9.59 Å². The number of hydrogen-bond donors (Lipinski definition) is 3. The molecular formula is C25H49NO4. The quantitative estimate of drug-likeness (QED) is 0.165. The number of aliphatic hydroxyl groups excluding tert-OH is 1. The minimum absolute atomic E-state index is 0.288. The van der Waals surface area contributed by atoms with E-state index >= 15 is 0 Å². The van der Waals surface area contributed by atoms with Gasteiger partial charge in [0.15, 0.2) is 0 Å². The Morgan fingerprint density at radius 3 is 1.27 bits per heavy atom. The normalized spacial score (nSPS) is 12.1. The van der Waals surface area contributed by atoms with Crippen LogP contribution in [0.4, 0.5) is 0 Å². The number of carbonyl (C=O) groups excluding carboxylic acids is 1. The molecule has 0 radical (unpaired) electrons. The van der Waals surface area contributed by atoms with Crippen LogP contribution in [0.5, 0.6) is 0 Å². The monoisotopic (exact) mass is 427 g/mol. The number of nitrogens with one attached hydrogen (secondary N) is 1. The van der Waals surface area contributed by atoms with E-state index < -0.39 is 18.6 Å². The summed E-state index contributed by atoms with van der Waals surface area (Å²) in [6.07, 6.45) is 25.3. The average molecular weight is 428 g/mol. The SMILES string of the molecule is CCCCCCCCCCCCCCCCCCCCCC(=O)N[C@@H](CO)C(=O)O. The Hall–Kier alpha value is -1.10. The Morgan fingerprint density at radius 1 is 0.633 bits per heavy atom. The lowest BCUT2D eigenvalue weighted by Crippen LogP contribution is -2.43. The lowest BCUT2D eigenvalue weighted by molar-refractivity contribution is -0.142. The van der Waals surface area contributed by atoms with E-state index in [2.05, 4.69) is 12.2 Å². The number of hydrogen-bond acceptors (Lipinski definition) is 3. The highest BCUT2D eigenvalue weighted by Gasteiger charge is 2.17. The van der Waals surface area contributed by atoms with Crippen LogP contribution >= 0.6 is 0 Å². The van der Waals surface area contributed by atoms with Crippen molar-refractivity contribution in [3.63, 3.8) is 0 Å². The van der Waals surface area contributed by atoms with Crippen LogP contribution in [0.3, 0.4) is 0 Å². The van der Waals surface area contributed by atoms with Crippen molar-refractivity contribution in [2.24, 2.45) is 0 Å². The number of rotatable bonds is 23. The summed E-state index contributed by atoms with van der Waals surface area (Å²) in [6, 6.07) is -1.18. The highest BCUT2D eigenvalue weighted by Crippen LogP contribution is 2.14. The molecule has 5 nitrogen and oxygen atoms in total. The van der Waals surface area contributed by atoms with Gasteiger partial charge in [0, 0.05) is 6.42 Å². The summed E-state index contributed by atoms with van der Waals surface area (Å²) in [6.45, 7) is 1.70. The van der Waals surface area contributed by atoms with Crippen molar-refractivity contribution in [1.82, 2.24) is 5.32 Å². The Kier molecular flexibility index (Phi) is 21.8. The highest BCUT2D eigenvalue weighted by molar-refractivity contribution is 5.83. The summed E-state index contributed by atoms with van der Waals surface area (Å²) in [4.78, 5) is 22.4. The van der Waals surface area contributed by atoms with Gasteiger partial charge >= 0.3 is 5.97 Å². The van der Waals surface area contributed by atoms with Crippen LogP contribution in [0, 0.1) is 0 Å². The van der Waals surface area contributed by atoms with E-state index in [-0.39, 0.29) is 5.91 Å². The molecule has 0 aromatic rings. The molecule has 0 bridgehead atoms. The smallest absolute Gasteiger partial charge is 0.328 e. The molecule has 0 aliphatic carbocycles. The predicted molar refractivity (Wildman–Crippen MR) is 125 cm³/mol. The zero-order valence-electron chi connectivity index (χ0n) is 19.6. The first-order valence-electron chi connectivity index (χ1n) is 12.7. The van der Waals surface area contributed by atoms with Gasteiger partial charge in [-0.25, -0.2) is 4.79 Å². The molecule has 1 atom stereocenters. The molecule has 0 fully saturated rings. The molecule has 0 aliphatic heterocycles. The summed E-state index contributed by atoms with van der Waals surface area (Å²) in [5.74, 6) is -1.48. The van der Waals surface area contributed by atoms with Gasteiger partial charge in [0.2, 0.25) is 5.91 Å². The topological polar surface area (TPSA) is 86.6 Å².